The number of benzene rings is 1. The van der Waals surface area contributed by atoms with E-state index >= 15 is 0 Å². The van der Waals surface area contributed by atoms with Crippen LogP contribution in [0.25, 0.3) is 10.9 Å². The standard InChI is InChI=1S/C17H26FN5O2S.HI/c1-3-26(24,25)23-9-4-8-20-17(19-2)21-10-7-13-12-22-16-6-5-14(18)11-15(13)16;/h5-6,11-12,22-23H,3-4,7-10H2,1-2H3,(H2,19,20,21);1H. The van der Waals surface area contributed by atoms with Gasteiger partial charge in [0.2, 0.25) is 10.0 Å². The van der Waals surface area contributed by atoms with Crippen LogP contribution in [0.4, 0.5) is 4.39 Å². The zero-order valence-corrected chi connectivity index (χ0v) is 18.7. The average molecular weight is 511 g/mol. The van der Waals surface area contributed by atoms with E-state index in [0.29, 0.717) is 32.0 Å². The van der Waals surface area contributed by atoms with E-state index in [4.69, 9.17) is 0 Å². The molecule has 0 saturated heterocycles. The maximum absolute atomic E-state index is 13.4. The molecule has 1 aromatic carbocycles. The molecule has 0 aliphatic rings. The summed E-state index contributed by atoms with van der Waals surface area (Å²) in [5.41, 5.74) is 1.95. The minimum atomic E-state index is -3.14. The van der Waals surface area contributed by atoms with Crippen molar-refractivity contribution in [3.05, 3.63) is 35.8 Å². The Balaban J connectivity index is 0.00000364. The predicted octanol–water partition coefficient (Wildman–Crippen LogP) is 1.96. The average Bonchev–Trinajstić information content (AvgIpc) is 3.02. The van der Waals surface area contributed by atoms with Crippen molar-refractivity contribution in [2.45, 2.75) is 19.8 Å². The molecule has 0 aliphatic carbocycles. The molecule has 0 radical (unpaired) electrons. The number of halogens is 2. The summed E-state index contributed by atoms with van der Waals surface area (Å²) < 4.78 is 38.6. The van der Waals surface area contributed by atoms with E-state index in [9.17, 15) is 12.8 Å². The number of hydrogen-bond acceptors (Lipinski definition) is 3. The third-order valence-corrected chi connectivity index (χ3v) is 5.39. The lowest BCUT2D eigenvalue weighted by Gasteiger charge is -2.12. The Morgan fingerprint density at radius 2 is 1.96 bits per heavy atom. The van der Waals surface area contributed by atoms with Gasteiger partial charge in [-0.25, -0.2) is 17.5 Å². The molecule has 7 nitrogen and oxygen atoms in total. The largest absolute Gasteiger partial charge is 0.361 e. The second-order valence-electron chi connectivity index (χ2n) is 5.83. The molecule has 1 heterocycles. The number of hydrogen-bond donors (Lipinski definition) is 4. The van der Waals surface area contributed by atoms with Crippen LogP contribution in [-0.4, -0.2) is 51.8 Å². The topological polar surface area (TPSA) is 98.4 Å². The van der Waals surface area contributed by atoms with Crippen molar-refractivity contribution in [1.29, 1.82) is 0 Å². The molecule has 1 aromatic heterocycles. The second-order valence-corrected chi connectivity index (χ2v) is 7.93. The molecule has 2 aromatic rings. The van der Waals surface area contributed by atoms with Gasteiger partial charge in [-0.15, -0.1) is 24.0 Å². The Bertz CT molecular complexity index is 854. The van der Waals surface area contributed by atoms with Crippen LogP contribution in [0.3, 0.4) is 0 Å². The lowest BCUT2D eigenvalue weighted by Crippen LogP contribution is -2.39. The van der Waals surface area contributed by atoms with Gasteiger partial charge < -0.3 is 15.6 Å². The number of aliphatic imine (C=N–C) groups is 1. The summed E-state index contributed by atoms with van der Waals surface area (Å²) >= 11 is 0. The maximum atomic E-state index is 13.4. The molecule has 0 bridgehead atoms. The summed E-state index contributed by atoms with van der Waals surface area (Å²) in [7, 11) is -1.46. The molecule has 0 amide bonds. The van der Waals surface area contributed by atoms with Gasteiger partial charge >= 0.3 is 0 Å². The molecule has 0 aliphatic heterocycles. The first-order valence-electron chi connectivity index (χ1n) is 8.62. The Morgan fingerprint density at radius 3 is 2.67 bits per heavy atom. The fraction of sp³-hybridized carbons (Fsp3) is 0.471. The normalized spacial score (nSPS) is 12.0. The second kappa shape index (κ2) is 11.4. The highest BCUT2D eigenvalue weighted by molar-refractivity contribution is 14.0. The predicted molar refractivity (Wildman–Crippen MR) is 119 cm³/mol. The van der Waals surface area contributed by atoms with Crippen LogP contribution in [0.1, 0.15) is 18.9 Å². The van der Waals surface area contributed by atoms with Crippen molar-refractivity contribution in [2.24, 2.45) is 4.99 Å². The monoisotopic (exact) mass is 511 g/mol. The van der Waals surface area contributed by atoms with E-state index in [1.807, 2.05) is 6.20 Å². The Morgan fingerprint density at radius 1 is 1.22 bits per heavy atom. The smallest absolute Gasteiger partial charge is 0.211 e. The lowest BCUT2D eigenvalue weighted by molar-refractivity contribution is 0.579. The minimum Gasteiger partial charge on any atom is -0.361 e. The fourth-order valence-electron chi connectivity index (χ4n) is 2.52. The quantitative estimate of drug-likeness (QED) is 0.179. The van der Waals surface area contributed by atoms with E-state index in [2.05, 4.69) is 25.3 Å². The molecular formula is C17H27FIN5O2S. The summed E-state index contributed by atoms with van der Waals surface area (Å²) in [5.74, 6) is 0.485. The first-order chi connectivity index (χ1) is 12.4. The fourth-order valence-corrected chi connectivity index (χ4v) is 3.18. The van der Waals surface area contributed by atoms with Crippen molar-refractivity contribution in [3.8, 4) is 0 Å². The molecule has 0 spiro atoms. The first kappa shape index (κ1) is 23.6. The van der Waals surface area contributed by atoms with Crippen LogP contribution in [-0.2, 0) is 16.4 Å². The molecule has 0 atom stereocenters. The molecule has 4 N–H and O–H groups in total. The van der Waals surface area contributed by atoms with E-state index in [0.717, 1.165) is 22.9 Å². The molecular weight excluding hydrogens is 484 g/mol. The number of aromatic nitrogens is 1. The Kier molecular flexibility index (Phi) is 10.0. The molecule has 2 rings (SSSR count). The van der Waals surface area contributed by atoms with E-state index in [1.165, 1.54) is 12.1 Å². The van der Waals surface area contributed by atoms with Crippen LogP contribution in [0.2, 0.25) is 0 Å². The van der Waals surface area contributed by atoms with Crippen LogP contribution in [0.5, 0.6) is 0 Å². The van der Waals surface area contributed by atoms with Gasteiger partial charge in [0.15, 0.2) is 5.96 Å². The number of fused-ring (bicyclic) bond motifs is 1. The summed E-state index contributed by atoms with van der Waals surface area (Å²) in [6, 6.07) is 4.70. The number of aromatic amines is 1. The zero-order chi connectivity index (χ0) is 19.0. The Labute approximate surface area is 176 Å². The van der Waals surface area contributed by atoms with Crippen molar-refractivity contribution < 1.29 is 12.8 Å². The van der Waals surface area contributed by atoms with Gasteiger partial charge in [0.05, 0.1) is 5.75 Å². The van der Waals surface area contributed by atoms with Crippen LogP contribution in [0.15, 0.2) is 29.4 Å². The molecule has 152 valence electrons. The number of nitrogens with zero attached hydrogens (tertiary/aromatic N) is 1. The van der Waals surface area contributed by atoms with Crippen LogP contribution >= 0.6 is 24.0 Å². The SMILES string of the molecule is CCS(=O)(=O)NCCCNC(=NC)NCCc1c[nH]c2ccc(F)cc12.I. The van der Waals surface area contributed by atoms with Gasteiger partial charge in [-0.2, -0.15) is 0 Å². The highest BCUT2D eigenvalue weighted by Crippen LogP contribution is 2.19. The van der Waals surface area contributed by atoms with Crippen molar-refractivity contribution in [1.82, 2.24) is 20.3 Å². The highest BCUT2D eigenvalue weighted by atomic mass is 127. The Hall–Kier alpha value is -1.40. The third-order valence-electron chi connectivity index (χ3n) is 3.99. The van der Waals surface area contributed by atoms with E-state index < -0.39 is 10.0 Å². The first-order valence-corrected chi connectivity index (χ1v) is 10.3. The molecule has 0 saturated carbocycles. The van der Waals surface area contributed by atoms with Gasteiger partial charge in [-0.3, -0.25) is 4.99 Å². The summed E-state index contributed by atoms with van der Waals surface area (Å²) in [6.45, 7) is 3.24. The number of nitrogens with one attached hydrogen (secondary N) is 4. The van der Waals surface area contributed by atoms with E-state index in [1.54, 1.807) is 20.0 Å². The van der Waals surface area contributed by atoms with Gasteiger partial charge in [-0.05, 0) is 43.5 Å². The van der Waals surface area contributed by atoms with Crippen molar-refractivity contribution in [2.75, 3.05) is 32.4 Å². The van der Waals surface area contributed by atoms with Crippen molar-refractivity contribution >= 4 is 50.9 Å². The number of guanidine groups is 1. The third kappa shape index (κ3) is 7.62. The maximum Gasteiger partial charge on any atom is 0.211 e. The number of sulfonamides is 1. The molecule has 27 heavy (non-hydrogen) atoms. The highest BCUT2D eigenvalue weighted by Gasteiger charge is 2.06. The molecule has 0 unspecified atom stereocenters. The summed E-state index contributed by atoms with van der Waals surface area (Å²) in [4.78, 5) is 7.27. The number of H-pyrrole nitrogens is 1. The lowest BCUT2D eigenvalue weighted by atomic mass is 10.1. The molecule has 0 fully saturated rings. The zero-order valence-electron chi connectivity index (χ0n) is 15.5. The van der Waals surface area contributed by atoms with Gasteiger partial charge in [0, 0.05) is 43.8 Å². The summed E-state index contributed by atoms with van der Waals surface area (Å²) in [5, 5.41) is 7.22. The van der Waals surface area contributed by atoms with E-state index in [-0.39, 0.29) is 35.5 Å². The van der Waals surface area contributed by atoms with Gasteiger partial charge in [-0.1, -0.05) is 0 Å². The van der Waals surface area contributed by atoms with Gasteiger partial charge in [0.25, 0.3) is 0 Å². The van der Waals surface area contributed by atoms with Crippen molar-refractivity contribution in [3.63, 3.8) is 0 Å². The van der Waals surface area contributed by atoms with Crippen LogP contribution < -0.4 is 15.4 Å². The van der Waals surface area contributed by atoms with Gasteiger partial charge in [0.1, 0.15) is 5.82 Å². The number of rotatable bonds is 9. The van der Waals surface area contributed by atoms with Crippen LogP contribution in [0, 0.1) is 5.82 Å². The minimum absolute atomic E-state index is 0. The summed E-state index contributed by atoms with van der Waals surface area (Å²) in [6.07, 6.45) is 3.27. The molecule has 10 heteroatoms.